The van der Waals surface area contributed by atoms with Crippen LogP contribution in [0.1, 0.15) is 26.3 Å². The van der Waals surface area contributed by atoms with Crippen LogP contribution in [0.15, 0.2) is 66.9 Å². The fourth-order valence-electron chi connectivity index (χ4n) is 2.42. The number of nitrogens with zero attached hydrogens (tertiary/aromatic N) is 1. The maximum absolute atomic E-state index is 13.2. The maximum Gasteiger partial charge on any atom is 0.256 e. The third-order valence-electron chi connectivity index (χ3n) is 3.68. The molecule has 0 bridgehead atoms. The average molecular weight is 367 g/mol. The quantitative estimate of drug-likeness (QED) is 0.725. The molecule has 136 valence electrons. The summed E-state index contributed by atoms with van der Waals surface area (Å²) < 4.78 is 26.4. The number of rotatable bonds is 5. The molecule has 27 heavy (non-hydrogen) atoms. The van der Waals surface area contributed by atoms with Crippen LogP contribution >= 0.6 is 0 Å². The SMILES string of the molecule is O=C(NCc1cc(F)cc(F)c1)c1ccnc(NC(=O)c2ccccc2)c1. The molecule has 0 radical (unpaired) electrons. The van der Waals surface area contributed by atoms with Gasteiger partial charge in [0.25, 0.3) is 11.8 Å². The monoisotopic (exact) mass is 367 g/mol. The van der Waals surface area contributed by atoms with E-state index in [1.807, 2.05) is 0 Å². The van der Waals surface area contributed by atoms with E-state index in [1.165, 1.54) is 18.3 Å². The largest absolute Gasteiger partial charge is 0.348 e. The van der Waals surface area contributed by atoms with Crippen LogP contribution in [0.25, 0.3) is 0 Å². The van der Waals surface area contributed by atoms with Crippen molar-refractivity contribution in [1.29, 1.82) is 0 Å². The van der Waals surface area contributed by atoms with Gasteiger partial charge >= 0.3 is 0 Å². The first-order valence-corrected chi connectivity index (χ1v) is 8.07. The van der Waals surface area contributed by atoms with Crippen molar-refractivity contribution in [2.45, 2.75) is 6.54 Å². The van der Waals surface area contributed by atoms with Crippen LogP contribution in [-0.4, -0.2) is 16.8 Å². The minimum atomic E-state index is -0.714. The first-order chi connectivity index (χ1) is 13.0. The van der Waals surface area contributed by atoms with Crippen molar-refractivity contribution in [3.63, 3.8) is 0 Å². The number of hydrogen-bond donors (Lipinski definition) is 2. The Kier molecular flexibility index (Phi) is 5.51. The first kappa shape index (κ1) is 18.2. The number of halogens is 2. The van der Waals surface area contributed by atoms with E-state index in [9.17, 15) is 18.4 Å². The van der Waals surface area contributed by atoms with Gasteiger partial charge < -0.3 is 10.6 Å². The lowest BCUT2D eigenvalue weighted by atomic mass is 10.2. The second-order valence-corrected chi connectivity index (χ2v) is 5.71. The number of amides is 2. The van der Waals surface area contributed by atoms with Crippen LogP contribution in [0.2, 0.25) is 0 Å². The number of benzene rings is 2. The molecule has 1 heterocycles. The molecule has 0 aliphatic heterocycles. The molecule has 0 fully saturated rings. The van der Waals surface area contributed by atoms with E-state index < -0.39 is 17.5 Å². The molecule has 0 aliphatic rings. The Labute approximate surface area is 154 Å². The molecule has 2 N–H and O–H groups in total. The van der Waals surface area contributed by atoms with Crippen LogP contribution < -0.4 is 10.6 Å². The normalized spacial score (nSPS) is 10.3. The predicted molar refractivity (Wildman–Crippen MR) is 96.2 cm³/mol. The van der Waals surface area contributed by atoms with E-state index in [0.717, 1.165) is 18.2 Å². The smallest absolute Gasteiger partial charge is 0.256 e. The van der Waals surface area contributed by atoms with E-state index in [-0.39, 0.29) is 23.8 Å². The van der Waals surface area contributed by atoms with Gasteiger partial charge in [-0.3, -0.25) is 9.59 Å². The number of carbonyl (C=O) groups is 2. The third-order valence-corrected chi connectivity index (χ3v) is 3.68. The summed E-state index contributed by atoms with van der Waals surface area (Å²) in [6, 6.07) is 14.5. The van der Waals surface area contributed by atoms with E-state index in [0.29, 0.717) is 11.1 Å². The summed E-state index contributed by atoms with van der Waals surface area (Å²) in [7, 11) is 0. The summed E-state index contributed by atoms with van der Waals surface area (Å²) >= 11 is 0. The first-order valence-electron chi connectivity index (χ1n) is 8.07. The van der Waals surface area contributed by atoms with Crippen molar-refractivity contribution >= 4 is 17.6 Å². The maximum atomic E-state index is 13.2. The van der Waals surface area contributed by atoms with Crippen LogP contribution in [0, 0.1) is 11.6 Å². The highest BCUT2D eigenvalue weighted by molar-refractivity contribution is 6.04. The molecule has 0 saturated carbocycles. The molecule has 0 aliphatic carbocycles. The zero-order valence-corrected chi connectivity index (χ0v) is 14.1. The fraction of sp³-hybridized carbons (Fsp3) is 0.0500. The number of anilines is 1. The van der Waals surface area contributed by atoms with Gasteiger partial charge in [0, 0.05) is 29.9 Å². The number of nitrogens with one attached hydrogen (secondary N) is 2. The second-order valence-electron chi connectivity index (χ2n) is 5.71. The number of pyridine rings is 1. The summed E-state index contributed by atoms with van der Waals surface area (Å²) in [6.45, 7) is -0.0401. The van der Waals surface area contributed by atoms with Gasteiger partial charge in [0.05, 0.1) is 0 Å². The lowest BCUT2D eigenvalue weighted by Gasteiger charge is -2.08. The summed E-state index contributed by atoms with van der Waals surface area (Å²) in [5.74, 6) is -2.02. The van der Waals surface area contributed by atoms with Crippen LogP contribution in [0.5, 0.6) is 0 Å². The van der Waals surface area contributed by atoms with Crippen molar-refractivity contribution in [2.24, 2.45) is 0 Å². The fourth-order valence-corrected chi connectivity index (χ4v) is 2.42. The van der Waals surface area contributed by atoms with E-state index in [4.69, 9.17) is 0 Å². The van der Waals surface area contributed by atoms with Gasteiger partial charge in [0.1, 0.15) is 17.5 Å². The summed E-state index contributed by atoms with van der Waals surface area (Å²) in [4.78, 5) is 28.4. The predicted octanol–water partition coefficient (Wildman–Crippen LogP) is 3.54. The highest BCUT2D eigenvalue weighted by Crippen LogP contribution is 2.11. The number of aromatic nitrogens is 1. The van der Waals surface area contributed by atoms with E-state index in [1.54, 1.807) is 30.3 Å². The minimum Gasteiger partial charge on any atom is -0.348 e. The Morgan fingerprint density at radius 3 is 2.26 bits per heavy atom. The Bertz CT molecular complexity index is 958. The van der Waals surface area contributed by atoms with Crippen LogP contribution in [0.4, 0.5) is 14.6 Å². The van der Waals surface area contributed by atoms with Gasteiger partial charge in [-0.05, 0) is 42.0 Å². The van der Waals surface area contributed by atoms with Gasteiger partial charge in [-0.15, -0.1) is 0 Å². The zero-order chi connectivity index (χ0) is 19.2. The lowest BCUT2D eigenvalue weighted by molar-refractivity contribution is 0.0949. The summed E-state index contributed by atoms with van der Waals surface area (Å²) in [5.41, 5.74) is 1.01. The van der Waals surface area contributed by atoms with Crippen molar-refractivity contribution in [1.82, 2.24) is 10.3 Å². The average Bonchev–Trinajstić information content (AvgIpc) is 2.66. The Balaban J connectivity index is 1.65. The molecule has 1 aromatic heterocycles. The molecule has 0 spiro atoms. The number of carbonyl (C=O) groups excluding carboxylic acids is 2. The van der Waals surface area contributed by atoms with Gasteiger partial charge in [-0.1, -0.05) is 18.2 Å². The highest BCUT2D eigenvalue weighted by Gasteiger charge is 2.10. The zero-order valence-electron chi connectivity index (χ0n) is 14.1. The van der Waals surface area contributed by atoms with E-state index >= 15 is 0 Å². The van der Waals surface area contributed by atoms with Crippen molar-refractivity contribution in [2.75, 3.05) is 5.32 Å². The van der Waals surface area contributed by atoms with Gasteiger partial charge in [-0.25, -0.2) is 13.8 Å². The van der Waals surface area contributed by atoms with Crippen molar-refractivity contribution in [3.8, 4) is 0 Å². The molecule has 3 aromatic rings. The summed E-state index contributed by atoms with van der Waals surface area (Å²) in [5, 5.41) is 5.18. The number of hydrogen-bond acceptors (Lipinski definition) is 3. The molecule has 0 atom stereocenters. The summed E-state index contributed by atoms with van der Waals surface area (Å²) in [6.07, 6.45) is 1.39. The highest BCUT2D eigenvalue weighted by atomic mass is 19.1. The molecule has 2 aromatic carbocycles. The van der Waals surface area contributed by atoms with Crippen LogP contribution in [-0.2, 0) is 6.54 Å². The molecular weight excluding hydrogens is 352 g/mol. The molecular formula is C20H15F2N3O2. The topological polar surface area (TPSA) is 71.1 Å². The third kappa shape index (κ3) is 4.94. The van der Waals surface area contributed by atoms with Gasteiger partial charge in [0.15, 0.2) is 0 Å². The van der Waals surface area contributed by atoms with Crippen molar-refractivity contribution < 1.29 is 18.4 Å². The molecule has 5 nitrogen and oxygen atoms in total. The molecule has 7 heteroatoms. The Morgan fingerprint density at radius 1 is 0.852 bits per heavy atom. The molecule has 0 unspecified atom stereocenters. The van der Waals surface area contributed by atoms with Crippen molar-refractivity contribution in [3.05, 3.63) is 95.2 Å². The Morgan fingerprint density at radius 2 is 1.56 bits per heavy atom. The molecule has 2 amide bonds. The lowest BCUT2D eigenvalue weighted by Crippen LogP contribution is -2.23. The second kappa shape index (κ2) is 8.18. The van der Waals surface area contributed by atoms with E-state index in [2.05, 4.69) is 15.6 Å². The van der Waals surface area contributed by atoms with Crippen LogP contribution in [0.3, 0.4) is 0 Å². The standard InChI is InChI=1S/C20H15F2N3O2/c21-16-8-13(9-17(22)11-16)12-24-19(26)15-6-7-23-18(10-15)25-20(27)14-4-2-1-3-5-14/h1-11H,12H2,(H,24,26)(H,23,25,27). The Hall–Kier alpha value is -3.61. The van der Waals surface area contributed by atoms with Gasteiger partial charge in [-0.2, -0.15) is 0 Å². The minimum absolute atomic E-state index is 0.0401. The molecule has 0 saturated heterocycles. The molecule has 3 rings (SSSR count). The van der Waals surface area contributed by atoms with Gasteiger partial charge in [0.2, 0.25) is 0 Å².